The molecule has 0 aliphatic heterocycles. The van der Waals surface area contributed by atoms with E-state index in [0.29, 0.717) is 45.9 Å². The fourth-order valence-corrected chi connectivity index (χ4v) is 4.30. The number of halogens is 2. The van der Waals surface area contributed by atoms with Gasteiger partial charge in [-0.05, 0) is 73.7 Å². The number of nitrogens with zero attached hydrogens (tertiary/aromatic N) is 1. The molecule has 0 radical (unpaired) electrons. The minimum atomic E-state index is -0.769. The summed E-state index contributed by atoms with van der Waals surface area (Å²) in [5.74, 6) is 1.02. The average Bonchev–Trinajstić information content (AvgIpc) is 2.92. The smallest absolute Gasteiger partial charge is 0.262 e. The first-order valence-corrected chi connectivity index (χ1v) is 14.1. The zero-order valence-corrected chi connectivity index (χ0v) is 25.1. The van der Waals surface area contributed by atoms with Crippen LogP contribution in [0.2, 0.25) is 10.0 Å². The highest BCUT2D eigenvalue weighted by molar-refractivity contribution is 6.35. The second-order valence-corrected chi connectivity index (χ2v) is 10.5. The summed E-state index contributed by atoms with van der Waals surface area (Å²) >= 11 is 12.2. The highest BCUT2D eigenvalue weighted by Crippen LogP contribution is 2.30. The molecule has 218 valence electrons. The minimum absolute atomic E-state index is 0.163. The lowest BCUT2D eigenvalue weighted by atomic mass is 10.0. The summed E-state index contributed by atoms with van der Waals surface area (Å²) in [6.07, 6.45) is 1.94. The highest BCUT2D eigenvalue weighted by Gasteiger charge is 2.22. The molecule has 41 heavy (non-hydrogen) atoms. The Labute approximate surface area is 251 Å². The molecule has 0 saturated carbocycles. The van der Waals surface area contributed by atoms with Crippen LogP contribution in [-0.4, -0.2) is 37.3 Å². The third kappa shape index (κ3) is 10.3. The first-order chi connectivity index (χ1) is 19.7. The van der Waals surface area contributed by atoms with Crippen molar-refractivity contribution in [1.82, 2.24) is 10.7 Å². The Hall–Kier alpha value is -3.75. The maximum absolute atomic E-state index is 12.9. The molecular weight excluding hydrogens is 565 g/mol. The van der Waals surface area contributed by atoms with Crippen LogP contribution in [0.5, 0.6) is 17.2 Å². The van der Waals surface area contributed by atoms with Crippen LogP contribution < -0.4 is 25.0 Å². The number of hydrogen-bond donors (Lipinski definition) is 2. The summed E-state index contributed by atoms with van der Waals surface area (Å²) in [6.45, 7) is 8.18. The van der Waals surface area contributed by atoms with E-state index < -0.39 is 17.9 Å². The van der Waals surface area contributed by atoms with Crippen LogP contribution in [0.3, 0.4) is 0 Å². The molecule has 0 aromatic heterocycles. The molecule has 0 bridgehead atoms. The lowest BCUT2D eigenvalue weighted by Crippen LogP contribution is -2.47. The number of hydrazone groups is 1. The van der Waals surface area contributed by atoms with Crippen molar-refractivity contribution < 1.29 is 23.8 Å². The van der Waals surface area contributed by atoms with Gasteiger partial charge in [-0.1, -0.05) is 61.3 Å². The van der Waals surface area contributed by atoms with Crippen LogP contribution in [-0.2, 0) is 16.2 Å². The lowest BCUT2D eigenvalue weighted by molar-refractivity contribution is -0.130. The minimum Gasteiger partial charge on any atom is -0.490 e. The summed E-state index contributed by atoms with van der Waals surface area (Å²) in [5, 5.41) is 7.91. The molecule has 1 atom stereocenters. The number of rotatable bonds is 14. The molecule has 0 aliphatic carbocycles. The Balaban J connectivity index is 1.60. The van der Waals surface area contributed by atoms with E-state index >= 15 is 0 Å². The molecule has 0 spiro atoms. The van der Waals surface area contributed by atoms with Crippen LogP contribution in [0, 0.1) is 12.8 Å². The van der Waals surface area contributed by atoms with Gasteiger partial charge in [-0.15, -0.1) is 0 Å². The number of benzene rings is 3. The number of ether oxygens (including phenoxy) is 3. The molecule has 0 fully saturated rings. The predicted octanol–water partition coefficient (Wildman–Crippen LogP) is 6.34. The SMILES string of the molecule is CCOc1cc(/C=N\NC(=O)[C@@H](CC(C)C)NC(=O)COc2ccccc2C)ccc1OCc1ccc(Cl)cc1Cl. The summed E-state index contributed by atoms with van der Waals surface area (Å²) in [5.41, 5.74) is 4.92. The molecule has 3 aromatic carbocycles. The van der Waals surface area contributed by atoms with Crippen molar-refractivity contribution in [2.24, 2.45) is 11.0 Å². The zero-order chi connectivity index (χ0) is 29.8. The first-order valence-electron chi connectivity index (χ1n) is 13.3. The van der Waals surface area contributed by atoms with Crippen molar-refractivity contribution in [3.8, 4) is 17.2 Å². The standard InChI is InChI=1S/C31H35Cl2N3O5/c1-5-39-29-15-22(10-13-28(29)40-18-23-11-12-24(32)16-25(23)33)17-34-36-31(38)26(14-20(2)3)35-30(37)19-41-27-9-7-6-8-21(27)4/h6-13,15-17,20,26H,5,14,18-19H2,1-4H3,(H,35,37)(H,36,38)/b34-17-/t26-/m1/s1. The van der Waals surface area contributed by atoms with Gasteiger partial charge in [0, 0.05) is 15.6 Å². The molecule has 0 unspecified atom stereocenters. The second kappa shape index (κ2) is 15.9. The van der Waals surface area contributed by atoms with E-state index in [-0.39, 0.29) is 19.1 Å². The molecule has 8 nitrogen and oxygen atoms in total. The van der Waals surface area contributed by atoms with E-state index in [1.54, 1.807) is 42.5 Å². The van der Waals surface area contributed by atoms with Gasteiger partial charge in [-0.25, -0.2) is 5.43 Å². The van der Waals surface area contributed by atoms with Gasteiger partial charge in [0.1, 0.15) is 18.4 Å². The summed E-state index contributed by atoms with van der Waals surface area (Å²) in [4.78, 5) is 25.4. The van der Waals surface area contributed by atoms with E-state index in [4.69, 9.17) is 37.4 Å². The van der Waals surface area contributed by atoms with Crippen LogP contribution in [0.25, 0.3) is 0 Å². The fraction of sp³-hybridized carbons (Fsp3) is 0.323. The first kappa shape index (κ1) is 31.8. The lowest BCUT2D eigenvalue weighted by Gasteiger charge is -2.19. The van der Waals surface area contributed by atoms with Crippen molar-refractivity contribution >= 4 is 41.2 Å². The van der Waals surface area contributed by atoms with Gasteiger partial charge in [0.15, 0.2) is 18.1 Å². The van der Waals surface area contributed by atoms with Crippen molar-refractivity contribution in [2.75, 3.05) is 13.2 Å². The van der Waals surface area contributed by atoms with E-state index in [0.717, 1.165) is 11.1 Å². The molecule has 2 N–H and O–H groups in total. The fourth-order valence-electron chi connectivity index (χ4n) is 3.84. The number of carbonyl (C=O) groups excluding carboxylic acids is 2. The maximum atomic E-state index is 12.9. The summed E-state index contributed by atoms with van der Waals surface area (Å²) in [6, 6.07) is 17.2. The number of carbonyl (C=O) groups is 2. The van der Waals surface area contributed by atoms with Gasteiger partial charge >= 0.3 is 0 Å². The monoisotopic (exact) mass is 599 g/mol. The number of hydrogen-bond acceptors (Lipinski definition) is 6. The number of amides is 2. The molecule has 0 aliphatic rings. The van der Waals surface area contributed by atoms with Crippen molar-refractivity contribution in [3.05, 3.63) is 87.4 Å². The van der Waals surface area contributed by atoms with Crippen LogP contribution >= 0.6 is 23.2 Å². The van der Waals surface area contributed by atoms with Crippen molar-refractivity contribution in [2.45, 2.75) is 46.8 Å². The Morgan fingerprint density at radius 3 is 2.44 bits per heavy atom. The molecule has 0 saturated heterocycles. The largest absolute Gasteiger partial charge is 0.490 e. The Morgan fingerprint density at radius 1 is 0.951 bits per heavy atom. The van der Waals surface area contributed by atoms with Crippen LogP contribution in [0.4, 0.5) is 0 Å². The Bertz CT molecular complexity index is 1360. The van der Waals surface area contributed by atoms with Gasteiger partial charge in [0.25, 0.3) is 11.8 Å². The number of nitrogens with one attached hydrogen (secondary N) is 2. The molecule has 3 rings (SSSR count). The predicted molar refractivity (Wildman–Crippen MR) is 162 cm³/mol. The van der Waals surface area contributed by atoms with Crippen LogP contribution in [0.1, 0.15) is 43.9 Å². The van der Waals surface area contributed by atoms with Gasteiger partial charge in [-0.2, -0.15) is 5.10 Å². The Morgan fingerprint density at radius 2 is 1.73 bits per heavy atom. The molecule has 10 heteroatoms. The van der Waals surface area contributed by atoms with E-state index in [9.17, 15) is 9.59 Å². The molecule has 2 amide bonds. The average molecular weight is 601 g/mol. The maximum Gasteiger partial charge on any atom is 0.262 e. The van der Waals surface area contributed by atoms with Gasteiger partial charge < -0.3 is 19.5 Å². The Kier molecular flexibility index (Phi) is 12.3. The van der Waals surface area contributed by atoms with Gasteiger partial charge in [0.05, 0.1) is 12.8 Å². The van der Waals surface area contributed by atoms with Crippen LogP contribution in [0.15, 0.2) is 65.8 Å². The molecular formula is C31H35Cl2N3O5. The number of para-hydroxylation sites is 1. The summed E-state index contributed by atoms with van der Waals surface area (Å²) < 4.78 is 17.3. The van der Waals surface area contributed by atoms with E-state index in [1.807, 2.05) is 45.9 Å². The highest BCUT2D eigenvalue weighted by atomic mass is 35.5. The zero-order valence-electron chi connectivity index (χ0n) is 23.6. The topological polar surface area (TPSA) is 98.2 Å². The van der Waals surface area contributed by atoms with E-state index in [2.05, 4.69) is 15.8 Å². The quantitative estimate of drug-likeness (QED) is 0.166. The van der Waals surface area contributed by atoms with Gasteiger partial charge in [-0.3, -0.25) is 9.59 Å². The van der Waals surface area contributed by atoms with Crippen molar-refractivity contribution in [3.63, 3.8) is 0 Å². The molecule has 0 heterocycles. The van der Waals surface area contributed by atoms with Gasteiger partial charge in [0.2, 0.25) is 0 Å². The normalized spacial score (nSPS) is 11.8. The van der Waals surface area contributed by atoms with Crippen molar-refractivity contribution in [1.29, 1.82) is 0 Å². The summed E-state index contributed by atoms with van der Waals surface area (Å²) in [7, 11) is 0. The van der Waals surface area contributed by atoms with E-state index in [1.165, 1.54) is 6.21 Å². The number of aryl methyl sites for hydroxylation is 1. The third-order valence-electron chi connectivity index (χ3n) is 5.87. The molecule has 3 aromatic rings. The second-order valence-electron chi connectivity index (χ2n) is 9.70. The third-order valence-corrected chi connectivity index (χ3v) is 6.45.